The maximum Gasteiger partial charge on any atom is 0.351 e. The molecule has 4 nitrogen and oxygen atoms in total. The highest BCUT2D eigenvalue weighted by atomic mass is 16.7. The van der Waals surface area contributed by atoms with Crippen LogP contribution in [0.25, 0.3) is 0 Å². The largest absolute Gasteiger partial charge is 0.412 e. The second kappa shape index (κ2) is 6.25. The summed E-state index contributed by atoms with van der Waals surface area (Å²) >= 11 is 0. The Morgan fingerprint density at radius 1 is 1.70 bits per heavy atom. The molecule has 0 unspecified atom stereocenters. The summed E-state index contributed by atoms with van der Waals surface area (Å²) in [5.41, 5.74) is 0.556. The van der Waals surface area contributed by atoms with Gasteiger partial charge in [-0.1, -0.05) is 13.0 Å². The highest BCUT2D eigenvalue weighted by Crippen LogP contribution is 1.95. The number of nitrogens with two attached hydrogens (primary N) is 1. The number of rotatable bonds is 2. The number of carbonyl (C=O) groups excluding carboxylic acids is 1. The fraction of sp³-hybridized carbons (Fsp3) is 0.500. The van der Waals surface area contributed by atoms with E-state index in [1.54, 1.807) is 13.0 Å². The van der Waals surface area contributed by atoms with Crippen molar-refractivity contribution in [2.24, 2.45) is 5.90 Å². The Morgan fingerprint density at radius 3 is 2.50 bits per heavy atom. The predicted molar refractivity (Wildman–Crippen MR) is 37.9 cm³/mol. The molecule has 0 aliphatic carbocycles. The Morgan fingerprint density at radius 2 is 2.20 bits per heavy atom. The zero-order valence-electron chi connectivity index (χ0n) is 6.18. The number of hydrogen-bond donors (Lipinski definition) is 1. The first kappa shape index (κ1) is 11.9. The van der Waals surface area contributed by atoms with E-state index in [0.29, 0.717) is 5.57 Å². The minimum Gasteiger partial charge on any atom is -0.412 e. The van der Waals surface area contributed by atoms with Gasteiger partial charge in [0.05, 0.1) is 0 Å². The summed E-state index contributed by atoms with van der Waals surface area (Å²) in [4.78, 5) is 14.4. The van der Waals surface area contributed by atoms with Crippen molar-refractivity contribution in [1.29, 1.82) is 0 Å². The topological polar surface area (TPSA) is 83.8 Å². The van der Waals surface area contributed by atoms with Crippen LogP contribution < -0.4 is 5.90 Å². The van der Waals surface area contributed by atoms with Gasteiger partial charge >= 0.3 is 5.97 Å². The fourth-order valence-electron chi connectivity index (χ4n) is 0.482. The molecule has 0 saturated heterocycles. The third-order valence-corrected chi connectivity index (χ3v) is 0.939. The van der Waals surface area contributed by atoms with Crippen LogP contribution in [0.4, 0.5) is 0 Å². The second-order valence-electron chi connectivity index (χ2n) is 1.70. The third kappa shape index (κ3) is 4.05. The molecule has 0 aromatic carbocycles. The third-order valence-electron chi connectivity index (χ3n) is 0.939. The van der Waals surface area contributed by atoms with E-state index in [1.165, 1.54) is 0 Å². The molecule has 0 atom stereocenters. The molecule has 0 rings (SSSR count). The normalized spacial score (nSPS) is 10.1. The van der Waals surface area contributed by atoms with Crippen molar-refractivity contribution in [1.82, 2.24) is 0 Å². The molecule has 0 radical (unpaired) electrons. The molecule has 4 heteroatoms. The van der Waals surface area contributed by atoms with E-state index < -0.39 is 5.97 Å². The maximum atomic E-state index is 10.5. The van der Waals surface area contributed by atoms with E-state index in [4.69, 9.17) is 0 Å². The van der Waals surface area contributed by atoms with Gasteiger partial charge in [-0.2, -0.15) is 5.90 Å². The lowest BCUT2D eigenvalue weighted by molar-refractivity contribution is -0.139. The van der Waals surface area contributed by atoms with Gasteiger partial charge in [-0.05, 0) is 13.3 Å². The average molecular weight is 147 g/mol. The van der Waals surface area contributed by atoms with Crippen LogP contribution in [-0.4, -0.2) is 11.4 Å². The molecule has 0 aromatic rings. The molecular weight excluding hydrogens is 134 g/mol. The lowest BCUT2D eigenvalue weighted by Gasteiger charge is -1.94. The van der Waals surface area contributed by atoms with Crippen molar-refractivity contribution in [3.63, 3.8) is 0 Å². The minimum atomic E-state index is -0.461. The molecule has 0 amide bonds. The van der Waals surface area contributed by atoms with Crippen LogP contribution in [-0.2, 0) is 9.63 Å². The zero-order chi connectivity index (χ0) is 7.28. The van der Waals surface area contributed by atoms with Crippen molar-refractivity contribution >= 4 is 5.97 Å². The molecule has 0 bridgehead atoms. The van der Waals surface area contributed by atoms with Gasteiger partial charge in [0, 0.05) is 5.57 Å². The maximum absolute atomic E-state index is 10.5. The molecule has 0 fully saturated rings. The van der Waals surface area contributed by atoms with Gasteiger partial charge in [-0.25, -0.2) is 4.79 Å². The summed E-state index contributed by atoms with van der Waals surface area (Å²) in [6, 6.07) is 0. The first-order valence-corrected chi connectivity index (χ1v) is 2.80. The van der Waals surface area contributed by atoms with E-state index in [9.17, 15) is 4.79 Å². The summed E-state index contributed by atoms with van der Waals surface area (Å²) in [6.07, 6.45) is 2.58. The van der Waals surface area contributed by atoms with Crippen LogP contribution in [0.1, 0.15) is 20.3 Å². The van der Waals surface area contributed by atoms with Gasteiger partial charge in [0.1, 0.15) is 0 Å². The lowest BCUT2D eigenvalue weighted by atomic mass is 10.2. The molecule has 60 valence electrons. The van der Waals surface area contributed by atoms with E-state index in [-0.39, 0.29) is 5.48 Å². The molecule has 0 aliphatic rings. The van der Waals surface area contributed by atoms with Gasteiger partial charge in [0.2, 0.25) is 0 Å². The smallest absolute Gasteiger partial charge is 0.351 e. The SMILES string of the molecule is CCC=C(C)C(=O)ON.O. The van der Waals surface area contributed by atoms with Crippen LogP contribution in [0, 0.1) is 0 Å². The van der Waals surface area contributed by atoms with Gasteiger partial charge in [0.25, 0.3) is 0 Å². The van der Waals surface area contributed by atoms with E-state index in [0.717, 1.165) is 6.42 Å². The fourth-order valence-corrected chi connectivity index (χ4v) is 0.482. The van der Waals surface area contributed by atoms with Crippen LogP contribution in [0.3, 0.4) is 0 Å². The van der Waals surface area contributed by atoms with Gasteiger partial charge in [-0.3, -0.25) is 0 Å². The lowest BCUT2D eigenvalue weighted by Crippen LogP contribution is -2.10. The van der Waals surface area contributed by atoms with Crippen molar-refractivity contribution in [2.75, 3.05) is 0 Å². The van der Waals surface area contributed by atoms with Crippen molar-refractivity contribution in [3.05, 3.63) is 11.6 Å². The van der Waals surface area contributed by atoms with Crippen LogP contribution >= 0.6 is 0 Å². The highest BCUT2D eigenvalue weighted by Gasteiger charge is 2.00. The molecule has 0 saturated carbocycles. The summed E-state index contributed by atoms with van der Waals surface area (Å²) in [7, 11) is 0. The first-order chi connectivity index (χ1) is 4.22. The van der Waals surface area contributed by atoms with Gasteiger partial charge in [0.15, 0.2) is 0 Å². The van der Waals surface area contributed by atoms with E-state index in [1.807, 2.05) is 6.92 Å². The van der Waals surface area contributed by atoms with Gasteiger partial charge in [-0.15, -0.1) is 0 Å². The molecule has 0 spiro atoms. The molecule has 0 aromatic heterocycles. The number of allylic oxidation sites excluding steroid dienone is 1. The summed E-state index contributed by atoms with van der Waals surface area (Å²) in [5.74, 6) is 4.15. The Labute approximate surface area is 59.9 Å². The van der Waals surface area contributed by atoms with E-state index in [2.05, 4.69) is 10.7 Å². The Balaban J connectivity index is 0. The first-order valence-electron chi connectivity index (χ1n) is 2.80. The zero-order valence-corrected chi connectivity index (χ0v) is 6.18. The molecule has 10 heavy (non-hydrogen) atoms. The number of carbonyl (C=O) groups is 1. The standard InChI is InChI=1S/C6H11NO2.H2O/c1-3-4-5(2)6(8)9-7;/h4H,3,7H2,1-2H3;1H2. The minimum absolute atomic E-state index is 0. The van der Waals surface area contributed by atoms with E-state index >= 15 is 0 Å². The Kier molecular flexibility index (Phi) is 7.42. The molecule has 0 heterocycles. The molecule has 0 aliphatic heterocycles. The van der Waals surface area contributed by atoms with Gasteiger partial charge < -0.3 is 10.3 Å². The number of hydrogen-bond acceptors (Lipinski definition) is 3. The highest BCUT2D eigenvalue weighted by molar-refractivity contribution is 5.87. The average Bonchev–Trinajstić information content (AvgIpc) is 1.87. The predicted octanol–water partition coefficient (Wildman–Crippen LogP) is -0.0651. The molecule has 4 N–H and O–H groups in total. The van der Waals surface area contributed by atoms with Crippen molar-refractivity contribution in [2.45, 2.75) is 20.3 Å². The monoisotopic (exact) mass is 147 g/mol. The summed E-state index contributed by atoms with van der Waals surface area (Å²) in [5, 5.41) is 0. The second-order valence-corrected chi connectivity index (χ2v) is 1.70. The van der Waals surface area contributed by atoms with Crippen molar-refractivity contribution < 1.29 is 15.1 Å². The summed E-state index contributed by atoms with van der Waals surface area (Å²) < 4.78 is 0. The Bertz CT molecular complexity index is 131. The van der Waals surface area contributed by atoms with Crippen LogP contribution in [0.2, 0.25) is 0 Å². The van der Waals surface area contributed by atoms with Crippen molar-refractivity contribution in [3.8, 4) is 0 Å². The quantitative estimate of drug-likeness (QED) is 0.438. The summed E-state index contributed by atoms with van der Waals surface area (Å²) in [6.45, 7) is 3.60. The van der Waals surface area contributed by atoms with Crippen LogP contribution in [0.5, 0.6) is 0 Å². The van der Waals surface area contributed by atoms with Crippen LogP contribution in [0.15, 0.2) is 11.6 Å². The molecular formula is C6H13NO3. The Hall–Kier alpha value is -0.870.